The van der Waals surface area contributed by atoms with Crippen molar-refractivity contribution in [3.8, 4) is 11.4 Å². The Balaban J connectivity index is 1.98. The first-order valence-corrected chi connectivity index (χ1v) is 5.79. The molecule has 1 saturated carbocycles. The van der Waals surface area contributed by atoms with Gasteiger partial charge in [-0.25, -0.2) is 4.68 Å². The zero-order valence-electron chi connectivity index (χ0n) is 9.80. The molecule has 88 valence electrons. The van der Waals surface area contributed by atoms with Gasteiger partial charge in [0.1, 0.15) is 0 Å². The molecular weight excluding hydrogens is 214 g/mol. The van der Waals surface area contributed by atoms with E-state index in [1.807, 2.05) is 28.9 Å². The SMILES string of the molecule is CC1(Cn2nnnc2-c2ccccc2N)CC1. The quantitative estimate of drug-likeness (QED) is 0.813. The Kier molecular flexibility index (Phi) is 2.14. The van der Waals surface area contributed by atoms with Gasteiger partial charge in [-0.05, 0) is 40.8 Å². The molecule has 1 aliphatic carbocycles. The van der Waals surface area contributed by atoms with Gasteiger partial charge in [0.25, 0.3) is 0 Å². The molecule has 3 rings (SSSR count). The van der Waals surface area contributed by atoms with Gasteiger partial charge in [-0.1, -0.05) is 19.1 Å². The molecule has 5 heteroatoms. The van der Waals surface area contributed by atoms with Gasteiger partial charge in [0, 0.05) is 11.3 Å². The molecule has 0 saturated heterocycles. The van der Waals surface area contributed by atoms with Crippen LogP contribution < -0.4 is 5.73 Å². The molecule has 2 aromatic rings. The monoisotopic (exact) mass is 229 g/mol. The molecule has 2 N–H and O–H groups in total. The van der Waals surface area contributed by atoms with Crippen molar-refractivity contribution in [3.63, 3.8) is 0 Å². The lowest BCUT2D eigenvalue weighted by Gasteiger charge is -2.10. The topological polar surface area (TPSA) is 69.6 Å². The first-order valence-electron chi connectivity index (χ1n) is 5.79. The van der Waals surface area contributed by atoms with Gasteiger partial charge < -0.3 is 5.73 Å². The van der Waals surface area contributed by atoms with Crippen LogP contribution in [0.4, 0.5) is 5.69 Å². The molecule has 0 spiro atoms. The van der Waals surface area contributed by atoms with Crippen molar-refractivity contribution < 1.29 is 0 Å². The minimum absolute atomic E-state index is 0.369. The van der Waals surface area contributed by atoms with Crippen molar-refractivity contribution in [3.05, 3.63) is 24.3 Å². The van der Waals surface area contributed by atoms with E-state index in [9.17, 15) is 0 Å². The maximum Gasteiger partial charge on any atom is 0.184 e. The first kappa shape index (κ1) is 10.3. The molecule has 17 heavy (non-hydrogen) atoms. The van der Waals surface area contributed by atoms with Gasteiger partial charge in [-0.15, -0.1) is 5.10 Å². The summed E-state index contributed by atoms with van der Waals surface area (Å²) in [5.41, 5.74) is 7.94. The molecule has 0 unspecified atom stereocenters. The van der Waals surface area contributed by atoms with Crippen molar-refractivity contribution in [1.82, 2.24) is 20.2 Å². The molecule has 1 aromatic carbocycles. The lowest BCUT2D eigenvalue weighted by atomic mass is 10.1. The van der Waals surface area contributed by atoms with Crippen molar-refractivity contribution in [1.29, 1.82) is 0 Å². The van der Waals surface area contributed by atoms with E-state index in [-0.39, 0.29) is 0 Å². The van der Waals surface area contributed by atoms with Crippen LogP contribution in [0.5, 0.6) is 0 Å². The Bertz CT molecular complexity index is 541. The van der Waals surface area contributed by atoms with Crippen LogP contribution in [-0.4, -0.2) is 20.2 Å². The Morgan fingerprint density at radius 1 is 1.35 bits per heavy atom. The number of tetrazole rings is 1. The second-order valence-corrected chi connectivity index (χ2v) is 5.06. The fourth-order valence-electron chi connectivity index (χ4n) is 1.94. The minimum Gasteiger partial charge on any atom is -0.398 e. The number of nitrogens with two attached hydrogens (primary N) is 1. The van der Waals surface area contributed by atoms with Gasteiger partial charge in [-0.2, -0.15) is 0 Å². The van der Waals surface area contributed by atoms with Crippen LogP contribution in [-0.2, 0) is 6.54 Å². The number of hydrogen-bond acceptors (Lipinski definition) is 4. The molecule has 1 aromatic heterocycles. The summed E-state index contributed by atoms with van der Waals surface area (Å²) in [4.78, 5) is 0. The third-order valence-electron chi connectivity index (χ3n) is 3.37. The average Bonchev–Trinajstić information content (AvgIpc) is 2.87. The molecule has 0 amide bonds. The summed E-state index contributed by atoms with van der Waals surface area (Å²) in [6.07, 6.45) is 2.49. The molecular formula is C12H15N5. The van der Waals surface area contributed by atoms with E-state index >= 15 is 0 Å². The highest BCUT2D eigenvalue weighted by Gasteiger charge is 2.38. The number of nitrogen functional groups attached to an aromatic ring is 1. The zero-order valence-corrected chi connectivity index (χ0v) is 9.80. The summed E-state index contributed by atoms with van der Waals surface area (Å²) in [5, 5.41) is 11.9. The van der Waals surface area contributed by atoms with Crippen LogP contribution in [0.3, 0.4) is 0 Å². The van der Waals surface area contributed by atoms with E-state index < -0.39 is 0 Å². The minimum atomic E-state index is 0.369. The lowest BCUT2D eigenvalue weighted by Crippen LogP contribution is -2.11. The van der Waals surface area contributed by atoms with Crippen molar-refractivity contribution in [2.75, 3.05) is 5.73 Å². The molecule has 1 heterocycles. The fourth-order valence-corrected chi connectivity index (χ4v) is 1.94. The third kappa shape index (κ3) is 1.88. The van der Waals surface area contributed by atoms with Gasteiger partial charge in [0.05, 0.1) is 6.54 Å². The predicted molar refractivity (Wildman–Crippen MR) is 65.0 cm³/mol. The molecule has 0 atom stereocenters. The maximum absolute atomic E-state index is 5.95. The second kappa shape index (κ2) is 3.55. The molecule has 0 aliphatic heterocycles. The summed E-state index contributed by atoms with van der Waals surface area (Å²) < 4.78 is 1.86. The number of rotatable bonds is 3. The molecule has 0 radical (unpaired) electrons. The van der Waals surface area contributed by atoms with Crippen LogP contribution in [0.2, 0.25) is 0 Å². The van der Waals surface area contributed by atoms with Gasteiger partial charge in [0.15, 0.2) is 5.82 Å². The Morgan fingerprint density at radius 3 is 2.82 bits per heavy atom. The average molecular weight is 229 g/mol. The number of benzene rings is 1. The highest BCUT2D eigenvalue weighted by molar-refractivity contribution is 5.70. The number of nitrogens with zero attached hydrogens (tertiary/aromatic N) is 4. The van der Waals surface area contributed by atoms with Gasteiger partial charge in [-0.3, -0.25) is 0 Å². The number of anilines is 1. The molecule has 1 aliphatic rings. The molecule has 0 bridgehead atoms. The molecule has 5 nitrogen and oxygen atoms in total. The Morgan fingerprint density at radius 2 is 2.12 bits per heavy atom. The van der Waals surface area contributed by atoms with Crippen molar-refractivity contribution in [2.45, 2.75) is 26.3 Å². The number of para-hydroxylation sites is 1. The predicted octanol–water partition coefficient (Wildman–Crippen LogP) is 1.72. The van der Waals surface area contributed by atoms with Crippen molar-refractivity contribution in [2.24, 2.45) is 5.41 Å². The van der Waals surface area contributed by atoms with Crippen molar-refractivity contribution >= 4 is 5.69 Å². The highest BCUT2D eigenvalue weighted by atomic mass is 15.5. The van der Waals surface area contributed by atoms with E-state index in [4.69, 9.17) is 5.73 Å². The Hall–Kier alpha value is -1.91. The Labute approximate surface area is 99.6 Å². The number of aromatic nitrogens is 4. The highest BCUT2D eigenvalue weighted by Crippen LogP contribution is 2.46. The summed E-state index contributed by atoms with van der Waals surface area (Å²) in [7, 11) is 0. The first-order chi connectivity index (χ1) is 8.18. The smallest absolute Gasteiger partial charge is 0.184 e. The second-order valence-electron chi connectivity index (χ2n) is 5.06. The molecule has 1 fully saturated rings. The summed E-state index contributed by atoms with van der Waals surface area (Å²) >= 11 is 0. The van der Waals surface area contributed by atoms with Crippen LogP contribution >= 0.6 is 0 Å². The maximum atomic E-state index is 5.95. The van der Waals surface area contributed by atoms with Gasteiger partial charge >= 0.3 is 0 Å². The standard InChI is InChI=1S/C12H15N5/c1-12(6-7-12)8-17-11(14-15-16-17)9-4-2-3-5-10(9)13/h2-5H,6-8,13H2,1H3. The van der Waals surface area contributed by atoms with E-state index in [0.29, 0.717) is 11.1 Å². The van der Waals surface area contributed by atoms with Crippen LogP contribution in [0.1, 0.15) is 19.8 Å². The summed E-state index contributed by atoms with van der Waals surface area (Å²) in [6.45, 7) is 3.12. The van der Waals surface area contributed by atoms with Crippen LogP contribution in [0.25, 0.3) is 11.4 Å². The zero-order chi connectivity index (χ0) is 11.9. The van der Waals surface area contributed by atoms with Crippen LogP contribution in [0.15, 0.2) is 24.3 Å². The van der Waals surface area contributed by atoms with Crippen LogP contribution in [0, 0.1) is 5.41 Å². The van der Waals surface area contributed by atoms with E-state index in [0.717, 1.165) is 17.9 Å². The summed E-state index contributed by atoms with van der Waals surface area (Å²) in [5.74, 6) is 0.760. The lowest BCUT2D eigenvalue weighted by molar-refractivity contribution is 0.427. The fraction of sp³-hybridized carbons (Fsp3) is 0.417. The summed E-state index contributed by atoms with van der Waals surface area (Å²) in [6, 6.07) is 7.68. The van der Waals surface area contributed by atoms with Gasteiger partial charge in [0.2, 0.25) is 0 Å². The number of hydrogen-bond donors (Lipinski definition) is 1. The van der Waals surface area contributed by atoms with E-state index in [1.165, 1.54) is 12.8 Å². The van der Waals surface area contributed by atoms with E-state index in [1.54, 1.807) is 0 Å². The largest absolute Gasteiger partial charge is 0.398 e. The third-order valence-corrected chi connectivity index (χ3v) is 3.37. The normalized spacial score (nSPS) is 17.0. The van der Waals surface area contributed by atoms with E-state index in [2.05, 4.69) is 22.4 Å².